The van der Waals surface area contributed by atoms with Crippen molar-refractivity contribution in [1.82, 2.24) is 0 Å². The van der Waals surface area contributed by atoms with Crippen molar-refractivity contribution in [2.45, 2.75) is 76.0 Å². The number of ether oxygens (including phenoxy) is 2. The van der Waals surface area contributed by atoms with Gasteiger partial charge >= 0.3 is 0 Å². The zero-order valence-electron chi connectivity index (χ0n) is 13.8. The second-order valence-electron chi connectivity index (χ2n) is 7.09. The SMILES string of the molecule is CC1=CCC(C(C)(C)O)CC1O[C@@H]1O[C@H](CO)[C@@H](O)[C@H](O)[C@H]1O. The van der Waals surface area contributed by atoms with E-state index >= 15 is 0 Å². The molecular formula is C16H28O7. The number of hydrogen-bond acceptors (Lipinski definition) is 7. The zero-order chi connectivity index (χ0) is 17.4. The quantitative estimate of drug-likeness (QED) is 0.432. The molecule has 0 radical (unpaired) electrons. The first kappa shape index (κ1) is 18.8. The van der Waals surface area contributed by atoms with Crippen LogP contribution in [0.5, 0.6) is 0 Å². The Morgan fingerprint density at radius 3 is 2.43 bits per heavy atom. The molecule has 0 aromatic carbocycles. The lowest BCUT2D eigenvalue weighted by atomic mass is 9.78. The summed E-state index contributed by atoms with van der Waals surface area (Å²) in [6, 6.07) is 0. The molecule has 2 unspecified atom stereocenters. The molecule has 1 saturated heterocycles. The molecule has 2 rings (SSSR count). The van der Waals surface area contributed by atoms with Crippen LogP contribution in [0.15, 0.2) is 11.6 Å². The van der Waals surface area contributed by atoms with Gasteiger partial charge in [-0.2, -0.15) is 0 Å². The molecule has 0 aromatic rings. The molecule has 0 saturated carbocycles. The van der Waals surface area contributed by atoms with E-state index in [1.807, 2.05) is 13.0 Å². The predicted molar refractivity (Wildman–Crippen MR) is 81.4 cm³/mol. The smallest absolute Gasteiger partial charge is 0.187 e. The van der Waals surface area contributed by atoms with Gasteiger partial charge in [-0.15, -0.1) is 0 Å². The fourth-order valence-corrected chi connectivity index (χ4v) is 3.08. The van der Waals surface area contributed by atoms with E-state index in [9.17, 15) is 25.5 Å². The Hall–Kier alpha value is -0.540. The van der Waals surface area contributed by atoms with E-state index < -0.39 is 42.9 Å². The van der Waals surface area contributed by atoms with Crippen LogP contribution in [0.2, 0.25) is 0 Å². The first-order valence-electron chi connectivity index (χ1n) is 8.00. The summed E-state index contributed by atoms with van der Waals surface area (Å²) in [7, 11) is 0. The van der Waals surface area contributed by atoms with Crippen molar-refractivity contribution in [2.75, 3.05) is 6.61 Å². The Balaban J connectivity index is 2.07. The summed E-state index contributed by atoms with van der Waals surface area (Å²) in [4.78, 5) is 0. The molecule has 0 bridgehead atoms. The van der Waals surface area contributed by atoms with Crippen molar-refractivity contribution in [3.8, 4) is 0 Å². The minimum Gasteiger partial charge on any atom is -0.394 e. The van der Waals surface area contributed by atoms with E-state index in [1.54, 1.807) is 13.8 Å². The van der Waals surface area contributed by atoms with Crippen LogP contribution in [0.25, 0.3) is 0 Å². The van der Waals surface area contributed by atoms with Crippen molar-refractivity contribution in [3.05, 3.63) is 11.6 Å². The maximum absolute atomic E-state index is 10.2. The fraction of sp³-hybridized carbons (Fsp3) is 0.875. The number of rotatable bonds is 4. The van der Waals surface area contributed by atoms with Gasteiger partial charge in [-0.1, -0.05) is 6.08 Å². The molecule has 0 aromatic heterocycles. The van der Waals surface area contributed by atoms with Crippen LogP contribution in [0.3, 0.4) is 0 Å². The maximum Gasteiger partial charge on any atom is 0.187 e. The summed E-state index contributed by atoms with van der Waals surface area (Å²) in [5.41, 5.74) is 0.108. The summed E-state index contributed by atoms with van der Waals surface area (Å²) in [6.07, 6.45) is -3.50. The normalized spacial score (nSPS) is 42.4. The van der Waals surface area contributed by atoms with Crippen molar-refractivity contribution in [1.29, 1.82) is 0 Å². The minimum absolute atomic E-state index is 0.00101. The summed E-state index contributed by atoms with van der Waals surface area (Å²) < 4.78 is 11.2. The highest BCUT2D eigenvalue weighted by atomic mass is 16.7. The predicted octanol–water partition coefficient (Wildman–Crippen LogP) is -0.701. The summed E-state index contributed by atoms with van der Waals surface area (Å²) in [6.45, 7) is 4.90. The average molecular weight is 332 g/mol. The zero-order valence-corrected chi connectivity index (χ0v) is 13.8. The highest BCUT2D eigenvalue weighted by molar-refractivity contribution is 5.12. The van der Waals surface area contributed by atoms with Gasteiger partial charge in [0.2, 0.25) is 0 Å². The fourth-order valence-electron chi connectivity index (χ4n) is 3.08. The molecule has 2 aliphatic rings. The Morgan fingerprint density at radius 1 is 1.22 bits per heavy atom. The monoisotopic (exact) mass is 332 g/mol. The van der Waals surface area contributed by atoms with Gasteiger partial charge in [-0.25, -0.2) is 0 Å². The largest absolute Gasteiger partial charge is 0.394 e. The lowest BCUT2D eigenvalue weighted by Crippen LogP contribution is -2.59. The van der Waals surface area contributed by atoms with Crippen molar-refractivity contribution in [2.24, 2.45) is 5.92 Å². The van der Waals surface area contributed by atoms with Crippen LogP contribution in [0.4, 0.5) is 0 Å². The van der Waals surface area contributed by atoms with Gasteiger partial charge in [0.25, 0.3) is 0 Å². The topological polar surface area (TPSA) is 120 Å². The van der Waals surface area contributed by atoms with Crippen LogP contribution in [0, 0.1) is 5.92 Å². The Morgan fingerprint density at radius 2 is 1.87 bits per heavy atom. The van der Waals surface area contributed by atoms with Crippen LogP contribution in [0.1, 0.15) is 33.6 Å². The molecule has 134 valence electrons. The molecule has 1 heterocycles. The van der Waals surface area contributed by atoms with Crippen molar-refractivity contribution in [3.63, 3.8) is 0 Å². The standard InChI is InChI=1S/C16H28O7/c1-8-4-5-9(16(2,3)21)6-10(8)22-15-14(20)13(19)12(18)11(7-17)23-15/h4,9-15,17-21H,5-7H2,1-3H3/t9?,10?,11-,12-,13+,14-,15-/m1/s1. The Kier molecular flexibility index (Phi) is 5.84. The van der Waals surface area contributed by atoms with Crippen molar-refractivity contribution < 1.29 is 35.0 Å². The lowest BCUT2D eigenvalue weighted by molar-refractivity contribution is -0.310. The van der Waals surface area contributed by atoms with E-state index in [-0.39, 0.29) is 12.0 Å². The molecule has 7 nitrogen and oxygen atoms in total. The van der Waals surface area contributed by atoms with Gasteiger partial charge in [0.05, 0.1) is 18.3 Å². The van der Waals surface area contributed by atoms with Gasteiger partial charge in [0.1, 0.15) is 24.4 Å². The second-order valence-corrected chi connectivity index (χ2v) is 7.09. The van der Waals surface area contributed by atoms with E-state index in [2.05, 4.69) is 0 Å². The first-order valence-corrected chi connectivity index (χ1v) is 8.00. The number of aliphatic hydroxyl groups is 5. The van der Waals surface area contributed by atoms with E-state index in [1.165, 1.54) is 0 Å². The summed E-state index contributed by atoms with van der Waals surface area (Å²) in [5, 5.41) is 49.1. The molecule has 7 atom stereocenters. The number of hydrogen-bond donors (Lipinski definition) is 5. The van der Waals surface area contributed by atoms with Crippen molar-refractivity contribution >= 4 is 0 Å². The van der Waals surface area contributed by atoms with Crippen LogP contribution < -0.4 is 0 Å². The molecular weight excluding hydrogens is 304 g/mol. The van der Waals surface area contributed by atoms with Gasteiger partial charge in [-0.3, -0.25) is 0 Å². The maximum atomic E-state index is 10.2. The van der Waals surface area contributed by atoms with E-state index in [4.69, 9.17) is 9.47 Å². The van der Waals surface area contributed by atoms with Crippen LogP contribution in [-0.2, 0) is 9.47 Å². The van der Waals surface area contributed by atoms with Gasteiger partial charge in [0.15, 0.2) is 6.29 Å². The highest BCUT2D eigenvalue weighted by Gasteiger charge is 2.45. The molecule has 0 spiro atoms. The van der Waals surface area contributed by atoms with Gasteiger partial charge < -0.3 is 35.0 Å². The number of allylic oxidation sites excluding steroid dienone is 1. The van der Waals surface area contributed by atoms with Gasteiger partial charge in [0, 0.05) is 0 Å². The third kappa shape index (κ3) is 4.11. The third-order valence-corrected chi connectivity index (χ3v) is 4.88. The number of aliphatic hydroxyl groups excluding tert-OH is 4. The molecule has 1 aliphatic carbocycles. The molecule has 7 heteroatoms. The first-order chi connectivity index (χ1) is 10.6. The second kappa shape index (κ2) is 7.14. The third-order valence-electron chi connectivity index (χ3n) is 4.88. The highest BCUT2D eigenvalue weighted by Crippen LogP contribution is 2.35. The Labute approximate surface area is 136 Å². The lowest BCUT2D eigenvalue weighted by Gasteiger charge is -2.42. The molecule has 1 fully saturated rings. The molecule has 23 heavy (non-hydrogen) atoms. The molecule has 5 N–H and O–H groups in total. The van der Waals surface area contributed by atoms with Crippen LogP contribution in [-0.4, -0.2) is 74.6 Å². The minimum atomic E-state index is -1.45. The van der Waals surface area contributed by atoms with E-state index in [0.717, 1.165) is 12.0 Å². The average Bonchev–Trinajstić information content (AvgIpc) is 2.48. The molecule has 0 amide bonds. The summed E-state index contributed by atoms with van der Waals surface area (Å²) in [5.74, 6) is 0.00101. The van der Waals surface area contributed by atoms with E-state index in [0.29, 0.717) is 6.42 Å². The molecule has 1 aliphatic heterocycles. The Bertz CT molecular complexity index is 429. The summed E-state index contributed by atoms with van der Waals surface area (Å²) >= 11 is 0. The van der Waals surface area contributed by atoms with Crippen LogP contribution >= 0.6 is 0 Å². The van der Waals surface area contributed by atoms with Gasteiger partial charge in [-0.05, 0) is 45.1 Å².